The Labute approximate surface area is 151 Å². The normalized spacial score (nSPS) is 12.2. The van der Waals surface area contributed by atoms with E-state index in [1.807, 2.05) is 48.8 Å². The molecule has 2 N–H and O–H groups in total. The molecule has 0 radical (unpaired) electrons. The summed E-state index contributed by atoms with van der Waals surface area (Å²) in [7, 11) is 0. The molecule has 0 saturated heterocycles. The topological polar surface area (TPSA) is 72.1 Å². The summed E-state index contributed by atoms with van der Waals surface area (Å²) in [6.07, 6.45) is 7.07. The van der Waals surface area contributed by atoms with Gasteiger partial charge in [0, 0.05) is 42.8 Å². The molecule has 0 fully saturated rings. The van der Waals surface area contributed by atoms with Crippen LogP contribution in [-0.4, -0.2) is 20.8 Å². The summed E-state index contributed by atoms with van der Waals surface area (Å²) >= 11 is 1.56. The lowest BCUT2D eigenvalue weighted by molar-refractivity contribution is -0.123. The number of aromatic nitrogens is 2. The number of carbonyl (C=O) groups is 1. The van der Waals surface area contributed by atoms with Gasteiger partial charge in [-0.2, -0.15) is 0 Å². The molecule has 0 aliphatic carbocycles. The molecule has 0 aromatic carbocycles. The first kappa shape index (κ1) is 17.3. The van der Waals surface area contributed by atoms with Gasteiger partial charge < -0.3 is 5.73 Å². The molecule has 6 heteroatoms. The molecule has 0 saturated carbocycles. The molecule has 0 bridgehead atoms. The van der Waals surface area contributed by atoms with Crippen molar-refractivity contribution < 1.29 is 4.79 Å². The second kappa shape index (κ2) is 8.00. The van der Waals surface area contributed by atoms with E-state index in [4.69, 9.17) is 5.73 Å². The van der Waals surface area contributed by atoms with Gasteiger partial charge >= 0.3 is 0 Å². The molecule has 1 unspecified atom stereocenters. The second-order valence-electron chi connectivity index (χ2n) is 5.89. The van der Waals surface area contributed by atoms with Gasteiger partial charge in [0.15, 0.2) is 0 Å². The number of pyridine rings is 2. The van der Waals surface area contributed by atoms with E-state index in [0.717, 1.165) is 21.6 Å². The van der Waals surface area contributed by atoms with Crippen molar-refractivity contribution in [2.45, 2.75) is 26.1 Å². The molecule has 3 rings (SSSR count). The first-order valence-corrected chi connectivity index (χ1v) is 8.88. The van der Waals surface area contributed by atoms with E-state index in [9.17, 15) is 4.79 Å². The highest BCUT2D eigenvalue weighted by atomic mass is 32.1. The van der Waals surface area contributed by atoms with Crippen molar-refractivity contribution in [3.63, 3.8) is 0 Å². The van der Waals surface area contributed by atoms with Crippen LogP contribution in [0.1, 0.15) is 27.6 Å². The maximum absolute atomic E-state index is 12.3. The SMILES string of the molecule is Cc1ccsc1C(C(N)=O)N(Cc1ccncc1)Cc1cccnc1. The first-order chi connectivity index (χ1) is 12.1. The number of amides is 1. The van der Waals surface area contributed by atoms with Crippen molar-refractivity contribution in [2.24, 2.45) is 5.73 Å². The van der Waals surface area contributed by atoms with E-state index in [2.05, 4.69) is 14.9 Å². The summed E-state index contributed by atoms with van der Waals surface area (Å²) in [6, 6.07) is 9.35. The Morgan fingerprint density at radius 1 is 1.12 bits per heavy atom. The van der Waals surface area contributed by atoms with Crippen LogP contribution in [0.4, 0.5) is 0 Å². The van der Waals surface area contributed by atoms with Crippen LogP contribution in [0.25, 0.3) is 0 Å². The molecule has 3 heterocycles. The fraction of sp³-hybridized carbons (Fsp3) is 0.211. The molecule has 25 heavy (non-hydrogen) atoms. The quantitative estimate of drug-likeness (QED) is 0.709. The fourth-order valence-corrected chi connectivity index (χ4v) is 3.89. The van der Waals surface area contributed by atoms with Gasteiger partial charge in [-0.05, 0) is 53.3 Å². The molecule has 0 spiro atoms. The van der Waals surface area contributed by atoms with Crippen molar-refractivity contribution in [3.05, 3.63) is 82.1 Å². The smallest absolute Gasteiger partial charge is 0.240 e. The number of primary amides is 1. The number of hydrogen-bond acceptors (Lipinski definition) is 5. The summed E-state index contributed by atoms with van der Waals surface area (Å²) in [5.74, 6) is -0.344. The molecular weight excluding hydrogens is 332 g/mol. The zero-order chi connectivity index (χ0) is 17.6. The monoisotopic (exact) mass is 352 g/mol. The summed E-state index contributed by atoms with van der Waals surface area (Å²) in [5.41, 5.74) is 9.01. The number of nitrogens with zero attached hydrogens (tertiary/aromatic N) is 3. The van der Waals surface area contributed by atoms with Gasteiger partial charge in [0.05, 0.1) is 0 Å². The third-order valence-electron chi connectivity index (χ3n) is 4.03. The van der Waals surface area contributed by atoms with E-state index in [-0.39, 0.29) is 5.91 Å². The van der Waals surface area contributed by atoms with Crippen LogP contribution in [0.2, 0.25) is 0 Å². The summed E-state index contributed by atoms with van der Waals surface area (Å²) < 4.78 is 0. The number of thiophene rings is 1. The predicted octanol–water partition coefficient (Wildman–Crippen LogP) is 3.08. The minimum atomic E-state index is -0.478. The second-order valence-corrected chi connectivity index (χ2v) is 6.84. The van der Waals surface area contributed by atoms with Gasteiger partial charge in [0.1, 0.15) is 6.04 Å². The Morgan fingerprint density at radius 3 is 2.48 bits per heavy atom. The van der Waals surface area contributed by atoms with Crippen LogP contribution in [0, 0.1) is 6.92 Å². The molecule has 0 aliphatic rings. The Hall–Kier alpha value is -2.57. The van der Waals surface area contributed by atoms with Gasteiger partial charge in [-0.1, -0.05) is 6.07 Å². The van der Waals surface area contributed by atoms with E-state index in [1.54, 1.807) is 29.9 Å². The van der Waals surface area contributed by atoms with Gasteiger partial charge in [-0.3, -0.25) is 19.7 Å². The number of rotatable bonds is 7. The van der Waals surface area contributed by atoms with E-state index in [0.29, 0.717) is 13.1 Å². The van der Waals surface area contributed by atoms with E-state index < -0.39 is 6.04 Å². The van der Waals surface area contributed by atoms with Crippen molar-refractivity contribution >= 4 is 17.2 Å². The van der Waals surface area contributed by atoms with Crippen LogP contribution in [0.5, 0.6) is 0 Å². The minimum absolute atomic E-state index is 0.344. The maximum atomic E-state index is 12.3. The molecule has 3 aromatic rings. The number of aryl methyl sites for hydroxylation is 1. The van der Waals surface area contributed by atoms with Crippen LogP contribution in [0.15, 0.2) is 60.5 Å². The molecule has 1 atom stereocenters. The summed E-state index contributed by atoms with van der Waals surface area (Å²) in [6.45, 7) is 3.19. The molecule has 1 amide bonds. The van der Waals surface area contributed by atoms with Crippen LogP contribution >= 0.6 is 11.3 Å². The van der Waals surface area contributed by atoms with Gasteiger partial charge in [-0.25, -0.2) is 0 Å². The van der Waals surface area contributed by atoms with Crippen molar-refractivity contribution in [2.75, 3.05) is 0 Å². The Kier molecular flexibility index (Phi) is 5.53. The number of carbonyl (C=O) groups excluding carboxylic acids is 1. The number of hydrogen-bond donors (Lipinski definition) is 1. The first-order valence-electron chi connectivity index (χ1n) is 8.00. The molecular formula is C19H20N4OS. The lowest BCUT2D eigenvalue weighted by Gasteiger charge is -2.29. The summed E-state index contributed by atoms with van der Waals surface area (Å²) in [5, 5.41) is 2.00. The van der Waals surface area contributed by atoms with Gasteiger partial charge in [-0.15, -0.1) is 11.3 Å². The fourth-order valence-electron chi connectivity index (χ4n) is 2.83. The van der Waals surface area contributed by atoms with Crippen molar-refractivity contribution in [1.82, 2.24) is 14.9 Å². The molecule has 5 nitrogen and oxygen atoms in total. The molecule has 128 valence electrons. The zero-order valence-electron chi connectivity index (χ0n) is 14.0. The Morgan fingerprint density at radius 2 is 1.88 bits per heavy atom. The Balaban J connectivity index is 1.96. The third kappa shape index (κ3) is 4.29. The van der Waals surface area contributed by atoms with Crippen LogP contribution < -0.4 is 5.73 Å². The highest BCUT2D eigenvalue weighted by Gasteiger charge is 2.28. The van der Waals surface area contributed by atoms with E-state index in [1.165, 1.54) is 0 Å². The standard InChI is InChI=1S/C19H20N4OS/c1-14-6-10-25-18(14)17(19(20)24)23(12-15-4-8-21-9-5-15)13-16-3-2-7-22-11-16/h2-11,17H,12-13H2,1H3,(H2,20,24). The average molecular weight is 352 g/mol. The van der Waals surface area contributed by atoms with Crippen molar-refractivity contribution in [3.8, 4) is 0 Å². The maximum Gasteiger partial charge on any atom is 0.240 e. The minimum Gasteiger partial charge on any atom is -0.368 e. The largest absolute Gasteiger partial charge is 0.368 e. The van der Waals surface area contributed by atoms with Gasteiger partial charge in [0.2, 0.25) is 5.91 Å². The average Bonchev–Trinajstić information content (AvgIpc) is 3.02. The van der Waals surface area contributed by atoms with Crippen LogP contribution in [-0.2, 0) is 17.9 Å². The predicted molar refractivity (Wildman–Crippen MR) is 98.7 cm³/mol. The summed E-state index contributed by atoms with van der Waals surface area (Å²) in [4.78, 5) is 23.7. The van der Waals surface area contributed by atoms with Crippen LogP contribution in [0.3, 0.4) is 0 Å². The molecule has 0 aliphatic heterocycles. The zero-order valence-corrected chi connectivity index (χ0v) is 14.8. The highest BCUT2D eigenvalue weighted by Crippen LogP contribution is 2.31. The van der Waals surface area contributed by atoms with E-state index >= 15 is 0 Å². The number of nitrogens with two attached hydrogens (primary N) is 1. The molecule has 3 aromatic heterocycles. The van der Waals surface area contributed by atoms with Crippen molar-refractivity contribution in [1.29, 1.82) is 0 Å². The lowest BCUT2D eigenvalue weighted by atomic mass is 10.1. The third-order valence-corrected chi connectivity index (χ3v) is 5.10. The van der Waals surface area contributed by atoms with Gasteiger partial charge in [0.25, 0.3) is 0 Å². The lowest BCUT2D eigenvalue weighted by Crippen LogP contribution is -2.37. The highest BCUT2D eigenvalue weighted by molar-refractivity contribution is 7.10. The Bertz CT molecular complexity index is 778.